The van der Waals surface area contributed by atoms with E-state index in [1.165, 1.54) is 0 Å². The summed E-state index contributed by atoms with van der Waals surface area (Å²) in [7, 11) is 0. The number of para-hydroxylation sites is 1. The summed E-state index contributed by atoms with van der Waals surface area (Å²) in [5.74, 6) is -1.22. The lowest BCUT2D eigenvalue weighted by Gasteiger charge is -2.14. The van der Waals surface area contributed by atoms with Gasteiger partial charge >= 0.3 is 5.97 Å². The monoisotopic (exact) mass is 312 g/mol. The minimum Gasteiger partial charge on any atom is -0.480 e. The van der Waals surface area contributed by atoms with Crippen LogP contribution in [0.1, 0.15) is 34.6 Å². The molecule has 2 N–H and O–H groups in total. The second-order valence-electron chi connectivity index (χ2n) is 6.08. The lowest BCUT2D eigenvalue weighted by Crippen LogP contribution is -2.42. The molecule has 0 radical (unpaired) electrons. The first-order valence-electron chi connectivity index (χ1n) is 7.77. The van der Waals surface area contributed by atoms with Gasteiger partial charge in [0.25, 0.3) is 5.91 Å². The quantitative estimate of drug-likeness (QED) is 0.891. The standard InChI is InChI=1S/C18H20N2O3/c1-11-10-15(12(2)20(11)14-6-4-3-5-7-14)17(21)19-16(18(22)23)13-8-9-13/h3-7,10,13,16H,8-9H2,1-2H3,(H,19,21)(H,22,23). The van der Waals surface area contributed by atoms with Gasteiger partial charge in [-0.15, -0.1) is 0 Å². The SMILES string of the molecule is Cc1cc(C(=O)NC(C(=O)O)C2CC2)c(C)n1-c1ccccc1. The third kappa shape index (κ3) is 2.99. The van der Waals surface area contributed by atoms with Crippen molar-refractivity contribution in [3.63, 3.8) is 0 Å². The Bertz CT molecular complexity index is 745. The van der Waals surface area contributed by atoms with Crippen molar-refractivity contribution in [2.75, 3.05) is 0 Å². The molecule has 3 rings (SSSR count). The van der Waals surface area contributed by atoms with E-state index in [0.717, 1.165) is 29.9 Å². The highest BCUT2D eigenvalue weighted by molar-refractivity contribution is 5.98. The van der Waals surface area contributed by atoms with Crippen molar-refractivity contribution in [1.29, 1.82) is 0 Å². The van der Waals surface area contributed by atoms with Crippen LogP contribution in [0.2, 0.25) is 0 Å². The number of hydrogen-bond donors (Lipinski definition) is 2. The number of amides is 1. The number of carbonyl (C=O) groups excluding carboxylic acids is 1. The second-order valence-corrected chi connectivity index (χ2v) is 6.08. The highest BCUT2D eigenvalue weighted by atomic mass is 16.4. The van der Waals surface area contributed by atoms with Crippen LogP contribution in [0.5, 0.6) is 0 Å². The predicted octanol–water partition coefficient (Wildman–Crippen LogP) is 2.69. The van der Waals surface area contributed by atoms with E-state index in [1.54, 1.807) is 0 Å². The van der Waals surface area contributed by atoms with Crippen LogP contribution in [0.3, 0.4) is 0 Å². The molecule has 1 unspecified atom stereocenters. The van der Waals surface area contributed by atoms with E-state index < -0.39 is 12.0 Å². The molecular formula is C18H20N2O3. The van der Waals surface area contributed by atoms with Crippen molar-refractivity contribution >= 4 is 11.9 Å². The first kappa shape index (κ1) is 15.3. The number of carbonyl (C=O) groups is 2. The van der Waals surface area contributed by atoms with Gasteiger partial charge in [-0.25, -0.2) is 4.79 Å². The van der Waals surface area contributed by atoms with Crippen LogP contribution in [-0.2, 0) is 4.79 Å². The Morgan fingerprint density at radius 3 is 2.43 bits per heavy atom. The Hall–Kier alpha value is -2.56. The van der Waals surface area contributed by atoms with Gasteiger partial charge in [-0.05, 0) is 50.8 Å². The summed E-state index contributed by atoms with van der Waals surface area (Å²) in [6.07, 6.45) is 1.72. The van der Waals surface area contributed by atoms with Gasteiger partial charge in [0, 0.05) is 17.1 Å². The molecule has 1 fully saturated rings. The lowest BCUT2D eigenvalue weighted by atomic mass is 10.1. The number of nitrogens with one attached hydrogen (secondary N) is 1. The number of rotatable bonds is 5. The smallest absolute Gasteiger partial charge is 0.326 e. The van der Waals surface area contributed by atoms with Crippen LogP contribution in [0.15, 0.2) is 36.4 Å². The molecule has 1 aromatic heterocycles. The molecular weight excluding hydrogens is 292 g/mol. The summed E-state index contributed by atoms with van der Waals surface area (Å²) < 4.78 is 2.00. The molecule has 0 aliphatic heterocycles. The molecule has 0 bridgehead atoms. The highest BCUT2D eigenvalue weighted by Crippen LogP contribution is 2.33. The van der Waals surface area contributed by atoms with Gasteiger partial charge in [0.2, 0.25) is 0 Å². The van der Waals surface area contributed by atoms with Gasteiger partial charge < -0.3 is 15.0 Å². The minimum absolute atomic E-state index is 0.0639. The number of aromatic nitrogens is 1. The Kier molecular flexibility index (Phi) is 3.94. The summed E-state index contributed by atoms with van der Waals surface area (Å²) in [4.78, 5) is 23.8. The molecule has 1 heterocycles. The third-order valence-corrected chi connectivity index (χ3v) is 4.34. The molecule has 1 aromatic carbocycles. The average Bonchev–Trinajstić information content (AvgIpc) is 3.31. The average molecular weight is 312 g/mol. The Balaban J connectivity index is 1.89. The molecule has 0 spiro atoms. The van der Waals surface area contributed by atoms with Gasteiger partial charge in [0.1, 0.15) is 6.04 Å². The molecule has 0 saturated heterocycles. The largest absolute Gasteiger partial charge is 0.480 e. The highest BCUT2D eigenvalue weighted by Gasteiger charge is 2.37. The van der Waals surface area contributed by atoms with Crippen LogP contribution < -0.4 is 5.32 Å². The predicted molar refractivity (Wildman–Crippen MR) is 86.9 cm³/mol. The maximum absolute atomic E-state index is 12.5. The molecule has 23 heavy (non-hydrogen) atoms. The van der Waals surface area contributed by atoms with E-state index in [9.17, 15) is 14.7 Å². The van der Waals surface area contributed by atoms with Gasteiger partial charge in [-0.3, -0.25) is 4.79 Å². The normalized spacial score (nSPS) is 15.2. The van der Waals surface area contributed by atoms with Crippen molar-refractivity contribution in [2.24, 2.45) is 5.92 Å². The zero-order valence-electron chi connectivity index (χ0n) is 13.2. The van der Waals surface area contributed by atoms with E-state index in [-0.39, 0.29) is 11.8 Å². The lowest BCUT2D eigenvalue weighted by molar-refractivity contribution is -0.139. The zero-order valence-corrected chi connectivity index (χ0v) is 13.2. The van der Waals surface area contributed by atoms with E-state index >= 15 is 0 Å². The molecule has 1 aliphatic carbocycles. The summed E-state index contributed by atoms with van der Waals surface area (Å²) >= 11 is 0. The molecule has 120 valence electrons. The fourth-order valence-corrected chi connectivity index (χ4v) is 3.00. The van der Waals surface area contributed by atoms with E-state index in [4.69, 9.17) is 0 Å². The number of nitrogens with zero attached hydrogens (tertiary/aromatic N) is 1. The minimum atomic E-state index is -0.960. The molecule has 1 amide bonds. The molecule has 1 atom stereocenters. The molecule has 5 heteroatoms. The van der Waals surface area contributed by atoms with Crippen molar-refractivity contribution in [2.45, 2.75) is 32.7 Å². The Morgan fingerprint density at radius 2 is 1.87 bits per heavy atom. The maximum Gasteiger partial charge on any atom is 0.326 e. The molecule has 2 aromatic rings. The Morgan fingerprint density at radius 1 is 1.22 bits per heavy atom. The second kappa shape index (κ2) is 5.91. The first-order valence-corrected chi connectivity index (χ1v) is 7.77. The number of carboxylic acid groups (broad SMARTS) is 1. The maximum atomic E-state index is 12.5. The zero-order chi connectivity index (χ0) is 16.6. The number of benzene rings is 1. The number of hydrogen-bond acceptors (Lipinski definition) is 2. The molecule has 1 aliphatic rings. The fraction of sp³-hybridized carbons (Fsp3) is 0.333. The van der Waals surface area contributed by atoms with Gasteiger partial charge in [0.15, 0.2) is 0 Å². The number of aryl methyl sites for hydroxylation is 1. The first-order chi connectivity index (χ1) is 11.0. The van der Waals surface area contributed by atoms with Gasteiger partial charge in [-0.1, -0.05) is 18.2 Å². The molecule has 1 saturated carbocycles. The van der Waals surface area contributed by atoms with Crippen molar-refractivity contribution in [1.82, 2.24) is 9.88 Å². The van der Waals surface area contributed by atoms with Gasteiger partial charge in [-0.2, -0.15) is 0 Å². The van der Waals surface area contributed by atoms with Crippen LogP contribution in [-0.4, -0.2) is 27.6 Å². The summed E-state index contributed by atoms with van der Waals surface area (Å²) in [5.41, 5.74) is 3.26. The van der Waals surface area contributed by atoms with E-state index in [1.807, 2.05) is 54.8 Å². The Labute approximate surface area is 134 Å². The van der Waals surface area contributed by atoms with Crippen molar-refractivity contribution in [3.8, 4) is 5.69 Å². The van der Waals surface area contributed by atoms with Crippen LogP contribution in [0, 0.1) is 19.8 Å². The van der Waals surface area contributed by atoms with E-state index in [0.29, 0.717) is 5.56 Å². The number of carboxylic acids is 1. The summed E-state index contributed by atoms with van der Waals surface area (Å²) in [6.45, 7) is 3.81. The van der Waals surface area contributed by atoms with Crippen molar-refractivity contribution < 1.29 is 14.7 Å². The molecule has 5 nitrogen and oxygen atoms in total. The summed E-state index contributed by atoms with van der Waals surface area (Å²) in [5, 5.41) is 11.9. The van der Waals surface area contributed by atoms with Crippen LogP contribution in [0.4, 0.5) is 0 Å². The van der Waals surface area contributed by atoms with E-state index in [2.05, 4.69) is 5.32 Å². The third-order valence-electron chi connectivity index (χ3n) is 4.34. The summed E-state index contributed by atoms with van der Waals surface area (Å²) in [6, 6.07) is 10.8. The van der Waals surface area contributed by atoms with Crippen LogP contribution in [0.25, 0.3) is 5.69 Å². The van der Waals surface area contributed by atoms with Crippen molar-refractivity contribution in [3.05, 3.63) is 53.3 Å². The number of aliphatic carboxylic acids is 1. The van der Waals surface area contributed by atoms with Gasteiger partial charge in [0.05, 0.1) is 5.56 Å². The fourth-order valence-electron chi connectivity index (χ4n) is 3.00. The topological polar surface area (TPSA) is 71.3 Å². The van der Waals surface area contributed by atoms with Crippen LogP contribution >= 0.6 is 0 Å².